The number of benzene rings is 1. The van der Waals surface area contributed by atoms with Gasteiger partial charge in [0, 0.05) is 35.0 Å². The van der Waals surface area contributed by atoms with Crippen LogP contribution in [0.3, 0.4) is 0 Å². The summed E-state index contributed by atoms with van der Waals surface area (Å²) in [7, 11) is -2.70. The van der Waals surface area contributed by atoms with E-state index in [1.807, 2.05) is 34.6 Å². The standard InChI is InChI=1S/C21H29BFN3O4S/c1-12-18(13(2)26(7)24-12)16-10-14(25-31(27,28)15-8-9-15)11-17(19(16)23)22-29-20(3,4)21(5,6)30-22/h10-11,15,25H,8-9H2,1-7H3. The van der Waals surface area contributed by atoms with Crippen LogP contribution in [0.4, 0.5) is 10.1 Å². The van der Waals surface area contributed by atoms with Gasteiger partial charge >= 0.3 is 7.12 Å². The van der Waals surface area contributed by atoms with Crippen molar-refractivity contribution in [3.63, 3.8) is 0 Å². The summed E-state index contributed by atoms with van der Waals surface area (Å²) >= 11 is 0. The first-order chi connectivity index (χ1) is 14.2. The Morgan fingerprint density at radius 1 is 1.16 bits per heavy atom. The van der Waals surface area contributed by atoms with Crippen molar-refractivity contribution in [2.24, 2.45) is 7.05 Å². The van der Waals surface area contributed by atoms with Crippen LogP contribution in [0.2, 0.25) is 0 Å². The Bertz CT molecular complexity index is 1140. The van der Waals surface area contributed by atoms with Gasteiger partial charge in [-0.3, -0.25) is 9.40 Å². The molecule has 0 radical (unpaired) electrons. The first-order valence-corrected chi connectivity index (χ1v) is 12.0. The quantitative estimate of drug-likeness (QED) is 0.710. The van der Waals surface area contributed by atoms with Crippen LogP contribution in [0.25, 0.3) is 11.1 Å². The smallest absolute Gasteiger partial charge is 0.399 e. The van der Waals surface area contributed by atoms with Crippen LogP contribution in [-0.2, 0) is 26.4 Å². The second kappa shape index (κ2) is 7.05. The van der Waals surface area contributed by atoms with E-state index in [2.05, 4.69) is 9.82 Å². The molecule has 31 heavy (non-hydrogen) atoms. The summed E-state index contributed by atoms with van der Waals surface area (Å²) in [6, 6.07) is 3.00. The lowest BCUT2D eigenvalue weighted by molar-refractivity contribution is 0.00578. The van der Waals surface area contributed by atoms with Crippen molar-refractivity contribution in [3.8, 4) is 11.1 Å². The van der Waals surface area contributed by atoms with E-state index < -0.39 is 39.4 Å². The maximum atomic E-state index is 15.9. The highest BCUT2D eigenvalue weighted by atomic mass is 32.2. The van der Waals surface area contributed by atoms with Crippen molar-refractivity contribution in [2.45, 2.75) is 70.8 Å². The molecule has 0 spiro atoms. The largest absolute Gasteiger partial charge is 0.497 e. The Hall–Kier alpha value is -1.91. The lowest BCUT2D eigenvalue weighted by Crippen LogP contribution is -2.41. The third-order valence-corrected chi connectivity index (χ3v) is 8.48. The number of anilines is 1. The fourth-order valence-electron chi connectivity index (χ4n) is 3.82. The highest BCUT2D eigenvalue weighted by Crippen LogP contribution is 2.38. The van der Waals surface area contributed by atoms with Crippen LogP contribution in [0.5, 0.6) is 0 Å². The van der Waals surface area contributed by atoms with Crippen molar-refractivity contribution >= 4 is 28.3 Å². The molecule has 4 rings (SSSR count). The third-order valence-electron chi connectivity index (χ3n) is 6.61. The summed E-state index contributed by atoms with van der Waals surface area (Å²) in [6.45, 7) is 11.2. The van der Waals surface area contributed by atoms with E-state index >= 15 is 4.39 Å². The van der Waals surface area contributed by atoms with Gasteiger partial charge in [0.1, 0.15) is 5.82 Å². The SMILES string of the molecule is Cc1nn(C)c(C)c1-c1cc(NS(=O)(=O)C2CC2)cc(B2OC(C)(C)C(C)(C)O2)c1F. The highest BCUT2D eigenvalue weighted by molar-refractivity contribution is 7.93. The molecule has 7 nitrogen and oxygen atoms in total. The monoisotopic (exact) mass is 449 g/mol. The maximum absolute atomic E-state index is 15.9. The molecule has 1 aliphatic carbocycles. The number of nitrogens with zero attached hydrogens (tertiary/aromatic N) is 2. The van der Waals surface area contributed by atoms with Crippen molar-refractivity contribution in [1.82, 2.24) is 9.78 Å². The molecule has 2 aliphatic rings. The molecule has 1 aromatic carbocycles. The Balaban J connectivity index is 1.87. The fraction of sp³-hybridized carbons (Fsp3) is 0.571. The molecule has 10 heteroatoms. The minimum Gasteiger partial charge on any atom is -0.399 e. The Morgan fingerprint density at radius 2 is 1.74 bits per heavy atom. The Morgan fingerprint density at radius 3 is 2.23 bits per heavy atom. The molecule has 0 atom stereocenters. The van der Waals surface area contributed by atoms with E-state index in [9.17, 15) is 8.42 Å². The number of aromatic nitrogens is 2. The van der Waals surface area contributed by atoms with Crippen LogP contribution >= 0.6 is 0 Å². The first kappa shape index (κ1) is 22.3. The van der Waals surface area contributed by atoms with Gasteiger partial charge in [-0.25, -0.2) is 12.8 Å². The predicted molar refractivity (Wildman–Crippen MR) is 119 cm³/mol. The third kappa shape index (κ3) is 3.78. The van der Waals surface area contributed by atoms with Gasteiger partial charge < -0.3 is 9.31 Å². The number of hydrogen-bond acceptors (Lipinski definition) is 5. The number of sulfonamides is 1. The lowest BCUT2D eigenvalue weighted by Gasteiger charge is -2.32. The summed E-state index contributed by atoms with van der Waals surface area (Å²) in [4.78, 5) is 0. The summed E-state index contributed by atoms with van der Waals surface area (Å²) < 4.78 is 57.5. The molecule has 2 fully saturated rings. The zero-order valence-electron chi connectivity index (χ0n) is 19.0. The molecule has 1 N–H and O–H groups in total. The second-order valence-corrected chi connectivity index (χ2v) is 11.5. The first-order valence-electron chi connectivity index (χ1n) is 10.4. The minimum atomic E-state index is -3.53. The fourth-order valence-corrected chi connectivity index (χ4v) is 5.19. The molecule has 0 unspecified atom stereocenters. The normalized spacial score (nSPS) is 20.3. The Kier molecular flexibility index (Phi) is 5.07. The molecular weight excluding hydrogens is 420 g/mol. The topological polar surface area (TPSA) is 82.5 Å². The van der Waals surface area contributed by atoms with Crippen molar-refractivity contribution in [1.29, 1.82) is 0 Å². The molecule has 2 heterocycles. The number of nitrogens with one attached hydrogen (secondary N) is 1. The maximum Gasteiger partial charge on any atom is 0.497 e. The van der Waals surface area contributed by atoms with Gasteiger partial charge in [-0.2, -0.15) is 5.10 Å². The van der Waals surface area contributed by atoms with Crippen LogP contribution < -0.4 is 10.2 Å². The molecule has 0 amide bonds. The van der Waals surface area contributed by atoms with E-state index in [1.54, 1.807) is 18.7 Å². The van der Waals surface area contributed by atoms with Crippen LogP contribution in [0.1, 0.15) is 51.9 Å². The van der Waals surface area contributed by atoms with Crippen molar-refractivity contribution < 1.29 is 22.1 Å². The summed E-state index contributed by atoms with van der Waals surface area (Å²) in [5.41, 5.74) is 1.46. The average molecular weight is 449 g/mol. The van der Waals surface area contributed by atoms with Gasteiger partial charge in [0.2, 0.25) is 10.0 Å². The van der Waals surface area contributed by atoms with Crippen LogP contribution in [0, 0.1) is 19.7 Å². The van der Waals surface area contributed by atoms with Crippen LogP contribution in [-0.4, -0.2) is 41.8 Å². The summed E-state index contributed by atoms with van der Waals surface area (Å²) in [5.74, 6) is -0.507. The number of aryl methyl sites for hydroxylation is 2. The Labute approximate surface area is 183 Å². The molecule has 1 saturated heterocycles. The van der Waals surface area contributed by atoms with Gasteiger partial charge in [0.25, 0.3) is 0 Å². The number of rotatable bonds is 5. The molecule has 1 aromatic heterocycles. The zero-order chi connectivity index (χ0) is 22.9. The van der Waals surface area contributed by atoms with Gasteiger partial charge in [0.15, 0.2) is 0 Å². The van der Waals surface area contributed by atoms with Crippen molar-refractivity contribution in [3.05, 3.63) is 29.3 Å². The van der Waals surface area contributed by atoms with Gasteiger partial charge in [-0.05, 0) is 66.5 Å². The molecule has 1 aliphatic heterocycles. The van der Waals surface area contributed by atoms with E-state index in [-0.39, 0.29) is 16.7 Å². The van der Waals surface area contributed by atoms with E-state index in [0.29, 0.717) is 24.1 Å². The van der Waals surface area contributed by atoms with E-state index in [1.165, 1.54) is 12.1 Å². The van der Waals surface area contributed by atoms with E-state index in [0.717, 1.165) is 5.69 Å². The lowest BCUT2D eigenvalue weighted by atomic mass is 9.76. The van der Waals surface area contributed by atoms with Gasteiger partial charge in [-0.1, -0.05) is 0 Å². The molecule has 2 aromatic rings. The van der Waals surface area contributed by atoms with Gasteiger partial charge in [0.05, 0.1) is 22.1 Å². The highest BCUT2D eigenvalue weighted by Gasteiger charge is 2.52. The van der Waals surface area contributed by atoms with Crippen LogP contribution in [0.15, 0.2) is 12.1 Å². The molecule has 168 valence electrons. The predicted octanol–water partition coefficient (Wildman–Crippen LogP) is 3.05. The molecular formula is C21H29BFN3O4S. The average Bonchev–Trinajstić information content (AvgIpc) is 3.41. The van der Waals surface area contributed by atoms with Gasteiger partial charge in [-0.15, -0.1) is 0 Å². The number of hydrogen-bond donors (Lipinski definition) is 1. The molecule has 0 bridgehead atoms. The van der Waals surface area contributed by atoms with Crippen molar-refractivity contribution in [2.75, 3.05) is 4.72 Å². The summed E-state index contributed by atoms with van der Waals surface area (Å²) in [5, 5.41) is 3.99. The minimum absolute atomic E-state index is 0.160. The van der Waals surface area contributed by atoms with E-state index in [4.69, 9.17) is 9.31 Å². The molecule has 1 saturated carbocycles. The summed E-state index contributed by atoms with van der Waals surface area (Å²) in [6.07, 6.45) is 1.27. The second-order valence-electron chi connectivity index (χ2n) is 9.53. The zero-order valence-corrected chi connectivity index (χ0v) is 19.9. The number of halogens is 1.